The molecule has 0 atom stereocenters. The van der Waals surface area contributed by atoms with E-state index in [-0.39, 0.29) is 22.6 Å². The molecular formula is C14H20ClFN2O3S. The first-order valence-electron chi connectivity index (χ1n) is 7.12. The molecule has 1 N–H and O–H groups in total. The molecule has 1 aliphatic heterocycles. The molecule has 1 aromatic carbocycles. The van der Waals surface area contributed by atoms with Crippen LogP contribution in [0, 0.1) is 5.82 Å². The largest absolute Gasteiger partial charge is 0.395 e. The molecule has 1 saturated heterocycles. The minimum Gasteiger partial charge on any atom is -0.395 e. The molecule has 1 fully saturated rings. The third-order valence-corrected chi connectivity index (χ3v) is 6.21. The molecule has 0 spiro atoms. The standard InChI is InChI=1S/C14H20ClFN2O3S/c1-17(8-9-19)11-4-6-18(7-5-11)22(20,21)12-2-3-14(16)13(15)10-12/h2-3,10-11,19H,4-9H2,1H3. The van der Waals surface area contributed by atoms with Crippen molar-refractivity contribution in [2.75, 3.05) is 33.3 Å². The van der Waals surface area contributed by atoms with Gasteiger partial charge in [0.15, 0.2) is 0 Å². The van der Waals surface area contributed by atoms with Crippen LogP contribution in [0.15, 0.2) is 23.1 Å². The second-order valence-electron chi connectivity index (χ2n) is 5.42. The number of nitrogens with zero attached hydrogens (tertiary/aromatic N) is 2. The Balaban J connectivity index is 2.07. The lowest BCUT2D eigenvalue weighted by molar-refractivity contribution is 0.138. The zero-order valence-electron chi connectivity index (χ0n) is 12.4. The van der Waals surface area contributed by atoms with Crippen molar-refractivity contribution in [1.82, 2.24) is 9.21 Å². The first kappa shape index (κ1) is 17.6. The second kappa shape index (κ2) is 7.23. The van der Waals surface area contributed by atoms with E-state index >= 15 is 0 Å². The quantitative estimate of drug-likeness (QED) is 0.875. The van der Waals surface area contributed by atoms with Crippen LogP contribution in [0.1, 0.15) is 12.8 Å². The van der Waals surface area contributed by atoms with Crippen LogP contribution in [0.4, 0.5) is 4.39 Å². The van der Waals surface area contributed by atoms with Crippen LogP contribution in [0.2, 0.25) is 5.02 Å². The van der Waals surface area contributed by atoms with Gasteiger partial charge in [-0.2, -0.15) is 4.31 Å². The van der Waals surface area contributed by atoms with Crippen molar-refractivity contribution >= 4 is 21.6 Å². The van der Waals surface area contributed by atoms with Gasteiger partial charge in [-0.25, -0.2) is 12.8 Å². The number of aliphatic hydroxyl groups excluding tert-OH is 1. The van der Waals surface area contributed by atoms with Crippen LogP contribution in [0.5, 0.6) is 0 Å². The Morgan fingerprint density at radius 1 is 1.41 bits per heavy atom. The van der Waals surface area contributed by atoms with Gasteiger partial charge in [0.25, 0.3) is 0 Å². The van der Waals surface area contributed by atoms with Gasteiger partial charge in [0.1, 0.15) is 5.82 Å². The lowest BCUT2D eigenvalue weighted by atomic mass is 10.1. The van der Waals surface area contributed by atoms with E-state index in [1.165, 1.54) is 10.4 Å². The summed E-state index contributed by atoms with van der Waals surface area (Å²) >= 11 is 5.67. The molecule has 0 aliphatic carbocycles. The number of rotatable bonds is 5. The van der Waals surface area contributed by atoms with Crippen molar-refractivity contribution in [2.45, 2.75) is 23.8 Å². The molecule has 2 rings (SSSR count). The summed E-state index contributed by atoms with van der Waals surface area (Å²) in [4.78, 5) is 2.06. The van der Waals surface area contributed by atoms with Crippen LogP contribution < -0.4 is 0 Å². The lowest BCUT2D eigenvalue weighted by Gasteiger charge is -2.35. The lowest BCUT2D eigenvalue weighted by Crippen LogP contribution is -2.46. The topological polar surface area (TPSA) is 60.9 Å². The maximum Gasteiger partial charge on any atom is 0.243 e. The minimum atomic E-state index is -3.65. The average Bonchev–Trinajstić information content (AvgIpc) is 2.50. The smallest absolute Gasteiger partial charge is 0.243 e. The van der Waals surface area contributed by atoms with Crippen molar-refractivity contribution < 1.29 is 17.9 Å². The number of halogens is 2. The number of benzene rings is 1. The number of likely N-dealkylation sites (N-methyl/N-ethyl adjacent to an activating group) is 1. The Labute approximate surface area is 135 Å². The highest BCUT2D eigenvalue weighted by Gasteiger charge is 2.30. The molecule has 1 aromatic rings. The molecule has 1 heterocycles. The van der Waals surface area contributed by atoms with Gasteiger partial charge in [-0.05, 0) is 38.1 Å². The third-order valence-electron chi connectivity index (χ3n) is 4.03. The van der Waals surface area contributed by atoms with Crippen molar-refractivity contribution in [3.05, 3.63) is 29.0 Å². The summed E-state index contributed by atoms with van der Waals surface area (Å²) in [5.41, 5.74) is 0. The predicted molar refractivity (Wildman–Crippen MR) is 82.9 cm³/mol. The Hall–Kier alpha value is -0.730. The molecule has 0 radical (unpaired) electrons. The van der Waals surface area contributed by atoms with E-state index in [0.29, 0.717) is 32.5 Å². The molecule has 22 heavy (non-hydrogen) atoms. The van der Waals surface area contributed by atoms with Gasteiger partial charge in [-0.15, -0.1) is 0 Å². The summed E-state index contributed by atoms with van der Waals surface area (Å²) in [7, 11) is -1.73. The molecule has 0 saturated carbocycles. The number of hydrogen-bond donors (Lipinski definition) is 1. The fourth-order valence-corrected chi connectivity index (χ4v) is 4.39. The molecule has 8 heteroatoms. The Morgan fingerprint density at radius 3 is 2.59 bits per heavy atom. The van der Waals surface area contributed by atoms with Crippen LogP contribution in [0.3, 0.4) is 0 Å². The van der Waals surface area contributed by atoms with E-state index in [9.17, 15) is 12.8 Å². The highest BCUT2D eigenvalue weighted by Crippen LogP contribution is 2.25. The molecule has 1 aliphatic rings. The summed E-state index contributed by atoms with van der Waals surface area (Å²) in [5.74, 6) is -0.634. The minimum absolute atomic E-state index is 0.0149. The Bertz CT molecular complexity index is 619. The SMILES string of the molecule is CN(CCO)C1CCN(S(=O)(=O)c2ccc(F)c(Cl)c2)CC1. The zero-order valence-corrected chi connectivity index (χ0v) is 13.9. The number of piperidine rings is 1. The van der Waals surface area contributed by atoms with Crippen molar-refractivity contribution in [3.8, 4) is 0 Å². The van der Waals surface area contributed by atoms with Gasteiger partial charge in [-0.1, -0.05) is 11.6 Å². The normalized spacial score (nSPS) is 18.0. The van der Waals surface area contributed by atoms with E-state index in [1.807, 2.05) is 11.9 Å². The number of hydrogen-bond acceptors (Lipinski definition) is 4. The zero-order chi connectivity index (χ0) is 16.3. The van der Waals surface area contributed by atoms with Crippen LogP contribution in [-0.2, 0) is 10.0 Å². The first-order chi connectivity index (χ1) is 10.4. The summed E-state index contributed by atoms with van der Waals surface area (Å²) in [6.45, 7) is 1.46. The molecule has 0 aromatic heterocycles. The monoisotopic (exact) mass is 350 g/mol. The van der Waals surface area contributed by atoms with E-state index in [1.54, 1.807) is 0 Å². The highest BCUT2D eigenvalue weighted by molar-refractivity contribution is 7.89. The maximum atomic E-state index is 13.2. The van der Waals surface area contributed by atoms with Crippen LogP contribution in [0.25, 0.3) is 0 Å². The van der Waals surface area contributed by atoms with Crippen LogP contribution in [-0.4, -0.2) is 62.1 Å². The number of aliphatic hydroxyl groups is 1. The summed E-state index contributed by atoms with van der Waals surface area (Å²) in [6, 6.07) is 3.71. The maximum absolute atomic E-state index is 13.2. The van der Waals surface area contributed by atoms with Gasteiger partial charge in [0.2, 0.25) is 10.0 Å². The fraction of sp³-hybridized carbons (Fsp3) is 0.571. The average molecular weight is 351 g/mol. The van der Waals surface area contributed by atoms with Crippen molar-refractivity contribution in [1.29, 1.82) is 0 Å². The van der Waals surface area contributed by atoms with Gasteiger partial charge >= 0.3 is 0 Å². The molecule has 0 amide bonds. The fourth-order valence-electron chi connectivity index (χ4n) is 2.65. The predicted octanol–water partition coefficient (Wildman–Crippen LogP) is 1.56. The first-order valence-corrected chi connectivity index (χ1v) is 8.94. The molecule has 0 bridgehead atoms. The highest BCUT2D eigenvalue weighted by atomic mass is 35.5. The van der Waals surface area contributed by atoms with Crippen molar-refractivity contribution in [3.63, 3.8) is 0 Å². The van der Waals surface area contributed by atoms with Gasteiger partial charge < -0.3 is 10.0 Å². The van der Waals surface area contributed by atoms with E-state index < -0.39 is 15.8 Å². The molecular weight excluding hydrogens is 331 g/mol. The Kier molecular flexibility index (Phi) is 5.79. The van der Waals surface area contributed by atoms with E-state index in [4.69, 9.17) is 16.7 Å². The van der Waals surface area contributed by atoms with Gasteiger partial charge in [-0.3, -0.25) is 0 Å². The molecule has 124 valence electrons. The van der Waals surface area contributed by atoms with Crippen molar-refractivity contribution in [2.24, 2.45) is 0 Å². The molecule has 5 nitrogen and oxygen atoms in total. The summed E-state index contributed by atoms with van der Waals surface area (Å²) < 4.78 is 39.7. The summed E-state index contributed by atoms with van der Waals surface area (Å²) in [5, 5.41) is 8.76. The van der Waals surface area contributed by atoms with Gasteiger partial charge in [0, 0.05) is 25.7 Å². The number of sulfonamides is 1. The molecule has 0 unspecified atom stereocenters. The van der Waals surface area contributed by atoms with E-state index in [2.05, 4.69) is 0 Å². The van der Waals surface area contributed by atoms with Gasteiger partial charge in [0.05, 0.1) is 16.5 Å². The second-order valence-corrected chi connectivity index (χ2v) is 7.76. The third kappa shape index (κ3) is 3.78. The van der Waals surface area contributed by atoms with E-state index in [0.717, 1.165) is 12.1 Å². The summed E-state index contributed by atoms with van der Waals surface area (Å²) in [6.07, 6.45) is 1.40. The Morgan fingerprint density at radius 2 is 2.05 bits per heavy atom. The van der Waals surface area contributed by atoms with Crippen LogP contribution >= 0.6 is 11.6 Å².